The molecule has 156 valence electrons. The molecule has 0 bridgehead atoms. The smallest absolute Gasteiger partial charge is 0.343 e. The van der Waals surface area contributed by atoms with Crippen LogP contribution in [0.2, 0.25) is 0 Å². The van der Waals surface area contributed by atoms with Gasteiger partial charge in [0.25, 0.3) is 0 Å². The van der Waals surface area contributed by atoms with Gasteiger partial charge in [-0.15, -0.1) is 0 Å². The third-order valence-corrected chi connectivity index (χ3v) is 4.98. The van der Waals surface area contributed by atoms with Gasteiger partial charge in [0, 0.05) is 0 Å². The highest BCUT2D eigenvalue weighted by Crippen LogP contribution is 2.25. The predicted molar refractivity (Wildman–Crippen MR) is 116 cm³/mol. The summed E-state index contributed by atoms with van der Waals surface area (Å²) in [6.45, 7) is 7.88. The van der Waals surface area contributed by atoms with Crippen molar-refractivity contribution >= 4 is 5.97 Å². The molecule has 2 rings (SSSR count). The van der Waals surface area contributed by atoms with Crippen molar-refractivity contribution in [3.05, 3.63) is 82.8 Å². The Morgan fingerprint density at radius 2 is 2.10 bits per heavy atom. The minimum Gasteiger partial charge on any atom is -0.504 e. The molecule has 1 N–H and O–H groups in total. The Hall–Kier alpha value is -2.75. The lowest BCUT2D eigenvalue weighted by Gasteiger charge is -2.06. The first-order valence-corrected chi connectivity index (χ1v) is 10.2. The number of aryl methyl sites for hydroxylation is 1. The third-order valence-electron chi connectivity index (χ3n) is 4.98. The fraction of sp³-hybridized carbons (Fsp3) is 0.400. The second-order valence-electron chi connectivity index (χ2n) is 7.75. The molecule has 0 spiro atoms. The number of carbonyl (C=O) groups excluding carboxylic acids is 1. The van der Waals surface area contributed by atoms with Gasteiger partial charge in [-0.3, -0.25) is 0 Å². The normalized spacial score (nSPS) is 18.2. The van der Waals surface area contributed by atoms with Crippen LogP contribution in [0.25, 0.3) is 0 Å². The minimum atomic E-state index is -0.466. The molecule has 1 aliphatic heterocycles. The van der Waals surface area contributed by atoms with Crippen molar-refractivity contribution in [2.45, 2.75) is 59.8 Å². The standard InChI is InChI=1S/C25H32O4/c1-18(8-5-9-19(2)11-7-13-22-14-15-28-17-22)10-6-12-20(3)16-23-24(26)21(4)25(27)29-23/h5,8-10,14-17,20,26H,6-7,11-13H2,1-4H3/b8-5+,18-10+,19-9+,23-16-. The number of cyclic esters (lactones) is 1. The molecule has 1 atom stereocenters. The topological polar surface area (TPSA) is 59.7 Å². The van der Waals surface area contributed by atoms with E-state index >= 15 is 0 Å². The van der Waals surface area contributed by atoms with E-state index in [0.29, 0.717) is 0 Å². The summed E-state index contributed by atoms with van der Waals surface area (Å²) in [7, 11) is 0. The van der Waals surface area contributed by atoms with Gasteiger partial charge in [-0.25, -0.2) is 4.79 Å². The molecule has 1 unspecified atom stereocenters. The van der Waals surface area contributed by atoms with Crippen LogP contribution in [-0.4, -0.2) is 11.1 Å². The predicted octanol–water partition coefficient (Wildman–Crippen LogP) is 6.74. The van der Waals surface area contributed by atoms with Crippen LogP contribution in [0.15, 0.2) is 81.6 Å². The Kier molecular flexibility index (Phi) is 8.78. The van der Waals surface area contributed by atoms with Crippen LogP contribution >= 0.6 is 0 Å². The van der Waals surface area contributed by atoms with E-state index in [2.05, 4.69) is 45.1 Å². The second kappa shape index (κ2) is 11.3. The summed E-state index contributed by atoms with van der Waals surface area (Å²) in [5, 5.41) is 9.87. The average molecular weight is 397 g/mol. The quantitative estimate of drug-likeness (QED) is 0.351. The zero-order valence-electron chi connectivity index (χ0n) is 17.9. The van der Waals surface area contributed by atoms with Gasteiger partial charge in [-0.05, 0) is 76.5 Å². The van der Waals surface area contributed by atoms with Crippen LogP contribution in [0.1, 0.15) is 58.9 Å². The summed E-state index contributed by atoms with van der Waals surface area (Å²) in [5.41, 5.74) is 4.11. The number of aliphatic hydroxyl groups excluding tert-OH is 1. The number of furan rings is 1. The molecular weight excluding hydrogens is 364 g/mol. The minimum absolute atomic E-state index is 0.0385. The Labute approximate surface area is 174 Å². The highest BCUT2D eigenvalue weighted by Gasteiger charge is 2.26. The maximum absolute atomic E-state index is 11.4. The molecule has 4 heteroatoms. The molecule has 29 heavy (non-hydrogen) atoms. The Morgan fingerprint density at radius 3 is 2.76 bits per heavy atom. The molecule has 1 aliphatic rings. The van der Waals surface area contributed by atoms with Gasteiger partial charge in [0.2, 0.25) is 0 Å². The van der Waals surface area contributed by atoms with Crippen LogP contribution < -0.4 is 0 Å². The lowest BCUT2D eigenvalue weighted by atomic mass is 10.0. The summed E-state index contributed by atoms with van der Waals surface area (Å²) >= 11 is 0. The van der Waals surface area contributed by atoms with E-state index in [1.807, 2.05) is 18.4 Å². The first kappa shape index (κ1) is 22.5. The average Bonchev–Trinajstić information content (AvgIpc) is 3.27. The summed E-state index contributed by atoms with van der Waals surface area (Å²) < 4.78 is 10.2. The van der Waals surface area contributed by atoms with Gasteiger partial charge in [0.05, 0.1) is 18.1 Å². The number of rotatable bonds is 10. The van der Waals surface area contributed by atoms with Gasteiger partial charge in [-0.1, -0.05) is 42.4 Å². The molecule has 0 fully saturated rings. The van der Waals surface area contributed by atoms with Crippen molar-refractivity contribution in [3.63, 3.8) is 0 Å². The summed E-state index contributed by atoms with van der Waals surface area (Å²) in [6, 6.07) is 2.02. The Balaban J connectivity index is 1.71. The van der Waals surface area contributed by atoms with Crippen molar-refractivity contribution in [2.75, 3.05) is 0 Å². The summed E-state index contributed by atoms with van der Waals surface area (Å²) in [6.07, 6.45) is 19.0. The largest absolute Gasteiger partial charge is 0.504 e. The van der Waals surface area contributed by atoms with Gasteiger partial charge < -0.3 is 14.3 Å². The van der Waals surface area contributed by atoms with Gasteiger partial charge in [0.15, 0.2) is 11.5 Å². The highest BCUT2D eigenvalue weighted by molar-refractivity contribution is 5.93. The molecule has 4 nitrogen and oxygen atoms in total. The van der Waals surface area contributed by atoms with E-state index in [0.717, 1.165) is 32.1 Å². The molecule has 2 heterocycles. The van der Waals surface area contributed by atoms with Crippen molar-refractivity contribution < 1.29 is 19.1 Å². The number of ether oxygens (including phenoxy) is 1. The van der Waals surface area contributed by atoms with Crippen LogP contribution in [-0.2, 0) is 16.0 Å². The van der Waals surface area contributed by atoms with Crippen LogP contribution in [0, 0.1) is 5.92 Å². The van der Waals surface area contributed by atoms with Gasteiger partial charge >= 0.3 is 5.97 Å². The highest BCUT2D eigenvalue weighted by atomic mass is 16.6. The number of hydrogen-bond acceptors (Lipinski definition) is 4. The van der Waals surface area contributed by atoms with E-state index < -0.39 is 5.97 Å². The second-order valence-corrected chi connectivity index (χ2v) is 7.75. The number of hydrogen-bond donors (Lipinski definition) is 1. The van der Waals surface area contributed by atoms with Crippen LogP contribution in [0.4, 0.5) is 0 Å². The maximum Gasteiger partial charge on any atom is 0.343 e. The number of aliphatic hydroxyl groups is 1. The van der Waals surface area contributed by atoms with Crippen LogP contribution in [0.3, 0.4) is 0 Å². The monoisotopic (exact) mass is 396 g/mol. The van der Waals surface area contributed by atoms with Crippen molar-refractivity contribution in [1.82, 2.24) is 0 Å². The molecule has 0 aromatic carbocycles. The van der Waals surface area contributed by atoms with Crippen molar-refractivity contribution in [1.29, 1.82) is 0 Å². The third kappa shape index (κ3) is 7.65. The first-order valence-electron chi connectivity index (χ1n) is 10.2. The number of carbonyl (C=O) groups is 1. The van der Waals surface area contributed by atoms with E-state index in [1.165, 1.54) is 16.7 Å². The Morgan fingerprint density at radius 1 is 1.31 bits per heavy atom. The first-order chi connectivity index (χ1) is 13.9. The fourth-order valence-corrected chi connectivity index (χ4v) is 3.06. The molecular formula is C25H32O4. The Bertz CT molecular complexity index is 832. The number of allylic oxidation sites excluding steroid dienone is 7. The SMILES string of the molecule is CC1=C(O)/C(=C/C(C)CC/C=C(C)/C=C/C=C(\C)CCCc2ccoc2)OC1=O. The van der Waals surface area contributed by atoms with E-state index in [1.54, 1.807) is 13.2 Å². The van der Waals surface area contributed by atoms with Gasteiger partial charge in [-0.2, -0.15) is 0 Å². The summed E-state index contributed by atoms with van der Waals surface area (Å²) in [5.74, 6) is -0.0136. The molecule has 0 saturated carbocycles. The molecule has 1 aromatic rings. The molecule has 0 amide bonds. The fourth-order valence-electron chi connectivity index (χ4n) is 3.06. The van der Waals surface area contributed by atoms with Crippen molar-refractivity contribution in [2.24, 2.45) is 5.92 Å². The molecule has 1 aromatic heterocycles. The molecule has 0 aliphatic carbocycles. The zero-order chi connectivity index (χ0) is 21.2. The van der Waals surface area contributed by atoms with E-state index in [9.17, 15) is 9.90 Å². The van der Waals surface area contributed by atoms with Crippen molar-refractivity contribution in [3.8, 4) is 0 Å². The lowest BCUT2D eigenvalue weighted by Crippen LogP contribution is -1.97. The van der Waals surface area contributed by atoms with Crippen LogP contribution in [0.5, 0.6) is 0 Å². The van der Waals surface area contributed by atoms with E-state index in [-0.39, 0.29) is 23.0 Å². The molecule has 0 saturated heterocycles. The lowest BCUT2D eigenvalue weighted by molar-refractivity contribution is -0.133. The molecule has 0 radical (unpaired) electrons. The maximum atomic E-state index is 11.4. The van der Waals surface area contributed by atoms with Gasteiger partial charge in [0.1, 0.15) is 0 Å². The van der Waals surface area contributed by atoms with E-state index in [4.69, 9.17) is 9.15 Å². The summed E-state index contributed by atoms with van der Waals surface area (Å²) in [4.78, 5) is 11.4. The number of esters is 1. The zero-order valence-corrected chi connectivity index (χ0v) is 17.9.